The van der Waals surface area contributed by atoms with E-state index in [0.29, 0.717) is 18.8 Å². The molecule has 1 amide bonds. The van der Waals surface area contributed by atoms with E-state index in [-0.39, 0.29) is 18.1 Å². The summed E-state index contributed by atoms with van der Waals surface area (Å²) in [5, 5.41) is 7.10. The number of carbonyl (C=O) groups excluding carboxylic acids is 1. The molecule has 2 aromatic carbocycles. The summed E-state index contributed by atoms with van der Waals surface area (Å²) in [4.78, 5) is 24.0. The second-order valence-corrected chi connectivity index (χ2v) is 6.93. The van der Waals surface area contributed by atoms with Gasteiger partial charge in [-0.2, -0.15) is 5.10 Å². The second-order valence-electron chi connectivity index (χ2n) is 6.93. The number of H-pyrrole nitrogens is 1. The zero-order valence-corrected chi connectivity index (χ0v) is 16.2. The van der Waals surface area contributed by atoms with Crippen LogP contribution in [-0.4, -0.2) is 37.7 Å². The Morgan fingerprint density at radius 3 is 2.66 bits per heavy atom. The second kappa shape index (κ2) is 7.83. The van der Waals surface area contributed by atoms with Crippen LogP contribution in [0.5, 0.6) is 0 Å². The van der Waals surface area contributed by atoms with Crippen molar-refractivity contribution in [3.8, 4) is 0 Å². The molecule has 0 radical (unpaired) electrons. The van der Waals surface area contributed by atoms with Gasteiger partial charge in [0.2, 0.25) is 5.91 Å². The quantitative estimate of drug-likeness (QED) is 0.528. The van der Waals surface area contributed by atoms with Crippen LogP contribution < -0.4 is 5.32 Å². The molecular weight excluding hydrogens is 371 g/mol. The predicted octanol–water partition coefficient (Wildman–Crippen LogP) is 2.53. The van der Waals surface area contributed by atoms with E-state index in [2.05, 4.69) is 25.4 Å². The number of nitrogens with zero attached hydrogens (tertiary/aromatic N) is 4. The van der Waals surface area contributed by atoms with Crippen molar-refractivity contribution in [1.82, 2.24) is 30.0 Å². The molecule has 2 aromatic heterocycles. The number of imidazole rings is 1. The van der Waals surface area contributed by atoms with Crippen molar-refractivity contribution in [2.75, 3.05) is 7.05 Å². The summed E-state index contributed by atoms with van der Waals surface area (Å²) in [6.45, 7) is 2.37. The number of fused-ring (bicyclic) bond motifs is 1. The number of halogens is 1. The first-order chi connectivity index (χ1) is 14.0. The molecule has 0 saturated heterocycles. The number of aryl methyl sites for hydroxylation is 1. The van der Waals surface area contributed by atoms with Crippen molar-refractivity contribution in [3.05, 3.63) is 76.9 Å². The fraction of sp³-hybridized carbons (Fsp3) is 0.238. The van der Waals surface area contributed by atoms with Crippen LogP contribution >= 0.6 is 0 Å². The van der Waals surface area contributed by atoms with E-state index in [0.717, 1.165) is 33.8 Å². The van der Waals surface area contributed by atoms with E-state index in [9.17, 15) is 9.18 Å². The Morgan fingerprint density at radius 1 is 1.14 bits per heavy atom. The van der Waals surface area contributed by atoms with Gasteiger partial charge in [0, 0.05) is 13.5 Å². The molecule has 2 N–H and O–H groups in total. The van der Waals surface area contributed by atoms with Crippen molar-refractivity contribution in [2.24, 2.45) is 0 Å². The lowest BCUT2D eigenvalue weighted by Gasteiger charge is -2.07. The van der Waals surface area contributed by atoms with E-state index in [1.807, 2.05) is 25.1 Å². The highest BCUT2D eigenvalue weighted by atomic mass is 19.1. The zero-order valence-electron chi connectivity index (χ0n) is 16.2. The number of aromatic nitrogens is 5. The summed E-state index contributed by atoms with van der Waals surface area (Å²) in [5.41, 5.74) is 3.85. The predicted molar refractivity (Wildman–Crippen MR) is 107 cm³/mol. The maximum absolute atomic E-state index is 13.2. The Kier molecular flexibility index (Phi) is 5.07. The van der Waals surface area contributed by atoms with Gasteiger partial charge in [-0.15, -0.1) is 0 Å². The Morgan fingerprint density at radius 2 is 1.90 bits per heavy atom. The van der Waals surface area contributed by atoms with E-state index in [4.69, 9.17) is 0 Å². The first-order valence-electron chi connectivity index (χ1n) is 9.33. The first kappa shape index (κ1) is 18.8. The van der Waals surface area contributed by atoms with Crippen LogP contribution in [0.4, 0.5) is 4.39 Å². The van der Waals surface area contributed by atoms with E-state index < -0.39 is 0 Å². The third-order valence-corrected chi connectivity index (χ3v) is 4.66. The lowest BCUT2D eigenvalue weighted by Crippen LogP contribution is -2.20. The molecule has 4 rings (SSSR count). The van der Waals surface area contributed by atoms with Gasteiger partial charge in [0.25, 0.3) is 0 Å². The molecule has 0 saturated carbocycles. The summed E-state index contributed by atoms with van der Waals surface area (Å²) in [6.07, 6.45) is 0.661. The SMILES string of the molecule is CNC(=O)Cc1nc(Cc2ccc3nc(C)[nH]c3c2)n(Cc2ccc(F)cc2)n1. The number of hydrogen-bond acceptors (Lipinski definition) is 4. The van der Waals surface area contributed by atoms with Crippen LogP contribution in [0.15, 0.2) is 42.5 Å². The molecule has 0 aliphatic carbocycles. The Bertz CT molecular complexity index is 1160. The van der Waals surface area contributed by atoms with E-state index in [1.54, 1.807) is 23.9 Å². The number of amides is 1. The van der Waals surface area contributed by atoms with Crippen LogP contribution in [0.1, 0.15) is 28.6 Å². The zero-order chi connectivity index (χ0) is 20.4. The van der Waals surface area contributed by atoms with Crippen LogP contribution in [0, 0.1) is 12.7 Å². The molecule has 148 valence electrons. The van der Waals surface area contributed by atoms with Gasteiger partial charge in [0.1, 0.15) is 17.5 Å². The molecule has 0 fully saturated rings. The van der Waals surface area contributed by atoms with Crippen molar-refractivity contribution in [2.45, 2.75) is 26.3 Å². The molecule has 8 heteroatoms. The fourth-order valence-corrected chi connectivity index (χ4v) is 3.23. The van der Waals surface area contributed by atoms with E-state index >= 15 is 0 Å². The van der Waals surface area contributed by atoms with Crippen molar-refractivity contribution in [1.29, 1.82) is 0 Å². The van der Waals surface area contributed by atoms with Crippen molar-refractivity contribution >= 4 is 16.9 Å². The number of rotatable bonds is 6. The normalized spacial score (nSPS) is 11.1. The van der Waals surface area contributed by atoms with Gasteiger partial charge in [-0.1, -0.05) is 18.2 Å². The molecule has 0 spiro atoms. The largest absolute Gasteiger partial charge is 0.359 e. The van der Waals surface area contributed by atoms with Gasteiger partial charge >= 0.3 is 0 Å². The van der Waals surface area contributed by atoms with Gasteiger partial charge in [0.15, 0.2) is 5.82 Å². The molecule has 7 nitrogen and oxygen atoms in total. The molecule has 29 heavy (non-hydrogen) atoms. The minimum atomic E-state index is -0.281. The molecular formula is C21H21FN6O. The highest BCUT2D eigenvalue weighted by molar-refractivity contribution is 5.77. The maximum atomic E-state index is 13.2. The van der Waals surface area contributed by atoms with Gasteiger partial charge in [-0.05, 0) is 42.3 Å². The molecule has 0 aliphatic rings. The van der Waals surface area contributed by atoms with Crippen LogP contribution in [0.3, 0.4) is 0 Å². The lowest BCUT2D eigenvalue weighted by atomic mass is 10.1. The van der Waals surface area contributed by atoms with Gasteiger partial charge in [0.05, 0.1) is 24.0 Å². The highest BCUT2D eigenvalue weighted by Gasteiger charge is 2.14. The summed E-state index contributed by atoms with van der Waals surface area (Å²) in [6, 6.07) is 12.3. The van der Waals surface area contributed by atoms with Crippen molar-refractivity contribution in [3.63, 3.8) is 0 Å². The van der Waals surface area contributed by atoms with Crippen LogP contribution in [0.25, 0.3) is 11.0 Å². The molecule has 0 bridgehead atoms. The molecule has 2 heterocycles. The highest BCUT2D eigenvalue weighted by Crippen LogP contribution is 2.17. The standard InChI is InChI=1S/C21H21FN6O/c1-13-24-17-8-5-15(9-18(17)25-13)10-20-26-19(11-21(29)23-2)27-28(20)12-14-3-6-16(22)7-4-14/h3-9H,10-12H2,1-2H3,(H,23,29)(H,24,25). The monoisotopic (exact) mass is 392 g/mol. The first-order valence-corrected chi connectivity index (χ1v) is 9.33. The third-order valence-electron chi connectivity index (χ3n) is 4.66. The molecule has 0 aliphatic heterocycles. The number of hydrogen-bond donors (Lipinski definition) is 2. The van der Waals surface area contributed by atoms with Crippen molar-refractivity contribution < 1.29 is 9.18 Å². The smallest absolute Gasteiger partial charge is 0.227 e. The van der Waals surface area contributed by atoms with Gasteiger partial charge < -0.3 is 10.3 Å². The molecule has 4 aromatic rings. The summed E-state index contributed by atoms with van der Waals surface area (Å²) in [5.74, 6) is 1.63. The minimum absolute atomic E-state index is 0.110. The van der Waals surface area contributed by atoms with Crippen LogP contribution in [0.2, 0.25) is 0 Å². The lowest BCUT2D eigenvalue weighted by molar-refractivity contribution is -0.120. The number of nitrogens with one attached hydrogen (secondary N) is 2. The average molecular weight is 392 g/mol. The Balaban J connectivity index is 1.64. The maximum Gasteiger partial charge on any atom is 0.227 e. The summed E-state index contributed by atoms with van der Waals surface area (Å²) >= 11 is 0. The number of carbonyl (C=O) groups is 1. The number of benzene rings is 2. The Labute approximate surface area is 167 Å². The minimum Gasteiger partial charge on any atom is -0.359 e. The summed E-state index contributed by atoms with van der Waals surface area (Å²) in [7, 11) is 1.58. The molecule has 0 unspecified atom stereocenters. The summed E-state index contributed by atoms with van der Waals surface area (Å²) < 4.78 is 15.0. The number of aromatic amines is 1. The van der Waals surface area contributed by atoms with Gasteiger partial charge in [-0.25, -0.2) is 19.0 Å². The molecule has 0 atom stereocenters. The topological polar surface area (TPSA) is 88.5 Å². The van der Waals surface area contributed by atoms with E-state index in [1.165, 1.54) is 12.1 Å². The average Bonchev–Trinajstić information content (AvgIpc) is 3.25. The van der Waals surface area contributed by atoms with Gasteiger partial charge in [-0.3, -0.25) is 4.79 Å². The third kappa shape index (κ3) is 4.31. The van der Waals surface area contributed by atoms with Crippen LogP contribution in [-0.2, 0) is 24.2 Å². The number of likely N-dealkylation sites (N-methyl/N-ethyl adjacent to an activating group) is 1. The fourth-order valence-electron chi connectivity index (χ4n) is 3.23. The Hall–Kier alpha value is -3.55.